The van der Waals surface area contributed by atoms with Gasteiger partial charge in [-0.3, -0.25) is 4.79 Å². The lowest BCUT2D eigenvalue weighted by atomic mass is 10.0. The molecule has 12 heteroatoms. The summed E-state index contributed by atoms with van der Waals surface area (Å²) < 4.78 is 13.1. The molecule has 0 saturated heterocycles. The fourth-order valence-electron chi connectivity index (χ4n) is 4.29. The molecule has 42 heavy (non-hydrogen) atoms. The summed E-state index contributed by atoms with van der Waals surface area (Å²) >= 11 is 23.2. The van der Waals surface area contributed by atoms with Crippen molar-refractivity contribution < 1.29 is 19.1 Å². The molecule has 5 aromatic rings. The second kappa shape index (κ2) is 13.0. The summed E-state index contributed by atoms with van der Waals surface area (Å²) in [6, 6.07) is 20.8. The van der Waals surface area contributed by atoms with Crippen molar-refractivity contribution in [2.75, 3.05) is 7.11 Å². The number of hydrazone groups is 1. The lowest BCUT2D eigenvalue weighted by Gasteiger charge is -2.11. The molecule has 4 aromatic carbocycles. The predicted octanol–water partition coefficient (Wildman–Crippen LogP) is 9.42. The third kappa shape index (κ3) is 6.14. The standard InChI is InChI=1S/C30H18Br3Cl2N3O4/c1-41-23-11-10-19(32)25-24(17-6-2-4-8-21(17)34)27(37-26(23)25)29(39)38-36-14-15-12-16(31)13-20(33)28(15)42-30(40)18-7-3-5-9-22(18)35/h2-14,37H,1H3,(H,38,39). The Morgan fingerprint density at radius 1 is 0.929 bits per heavy atom. The normalized spacial score (nSPS) is 11.2. The van der Waals surface area contributed by atoms with Crippen molar-refractivity contribution in [3.8, 4) is 22.6 Å². The van der Waals surface area contributed by atoms with Crippen LogP contribution >= 0.6 is 71.0 Å². The molecule has 0 atom stereocenters. The van der Waals surface area contributed by atoms with E-state index in [-0.39, 0.29) is 22.0 Å². The number of aromatic nitrogens is 1. The van der Waals surface area contributed by atoms with Gasteiger partial charge in [-0.2, -0.15) is 5.10 Å². The number of nitrogens with one attached hydrogen (secondary N) is 2. The molecule has 0 spiro atoms. The Kier molecular flexibility index (Phi) is 9.39. The SMILES string of the molecule is COc1ccc(Br)c2c(-c3ccccc3Cl)c(C(=O)NN=Cc3cc(Br)cc(Br)c3OC(=O)c3ccccc3Cl)[nH]c12. The molecular weight excluding hydrogens is 777 g/mol. The smallest absolute Gasteiger partial charge is 0.345 e. The zero-order valence-corrected chi connectivity index (χ0v) is 27.7. The van der Waals surface area contributed by atoms with Gasteiger partial charge in [-0.1, -0.05) is 85.4 Å². The summed E-state index contributed by atoms with van der Waals surface area (Å²) in [6.45, 7) is 0. The summed E-state index contributed by atoms with van der Waals surface area (Å²) in [5.74, 6) is -0.440. The fourth-order valence-corrected chi connectivity index (χ4v) is 6.60. The number of carbonyl (C=O) groups is 2. The number of H-pyrrole nitrogens is 1. The maximum absolute atomic E-state index is 13.6. The van der Waals surface area contributed by atoms with Crippen LogP contribution in [0.3, 0.4) is 0 Å². The number of hydrogen-bond donors (Lipinski definition) is 2. The third-order valence-electron chi connectivity index (χ3n) is 6.15. The highest BCUT2D eigenvalue weighted by atomic mass is 79.9. The highest BCUT2D eigenvalue weighted by molar-refractivity contribution is 9.11. The van der Waals surface area contributed by atoms with E-state index in [0.29, 0.717) is 41.9 Å². The molecule has 0 bridgehead atoms. The van der Waals surface area contributed by atoms with E-state index >= 15 is 0 Å². The molecule has 0 saturated carbocycles. The molecule has 0 radical (unpaired) electrons. The maximum atomic E-state index is 13.6. The van der Waals surface area contributed by atoms with Crippen molar-refractivity contribution in [3.05, 3.63) is 113 Å². The average molecular weight is 795 g/mol. The van der Waals surface area contributed by atoms with Gasteiger partial charge in [0.15, 0.2) is 5.75 Å². The Bertz CT molecular complexity index is 1890. The molecule has 2 N–H and O–H groups in total. The Balaban J connectivity index is 1.51. The number of benzene rings is 4. The number of amides is 1. The largest absolute Gasteiger partial charge is 0.495 e. The van der Waals surface area contributed by atoms with E-state index in [0.717, 1.165) is 9.86 Å². The summed E-state index contributed by atoms with van der Waals surface area (Å²) in [5.41, 5.74) is 5.24. The monoisotopic (exact) mass is 791 g/mol. The van der Waals surface area contributed by atoms with E-state index in [1.165, 1.54) is 6.21 Å². The van der Waals surface area contributed by atoms with Gasteiger partial charge >= 0.3 is 5.97 Å². The molecule has 212 valence electrons. The minimum Gasteiger partial charge on any atom is -0.495 e. The van der Waals surface area contributed by atoms with Crippen molar-refractivity contribution in [1.82, 2.24) is 10.4 Å². The number of hydrogen-bond acceptors (Lipinski definition) is 5. The summed E-state index contributed by atoms with van der Waals surface area (Å²) in [5, 5.41) is 5.62. The minimum atomic E-state index is -0.649. The number of ether oxygens (including phenoxy) is 2. The van der Waals surface area contributed by atoms with Crippen molar-refractivity contribution >= 4 is 100.0 Å². The van der Waals surface area contributed by atoms with Gasteiger partial charge in [-0.15, -0.1) is 0 Å². The third-order valence-corrected chi connectivity index (χ3v) is 8.52. The molecule has 1 amide bonds. The first kappa shape index (κ1) is 30.3. The summed E-state index contributed by atoms with van der Waals surface area (Å²) in [6.07, 6.45) is 1.37. The first-order valence-corrected chi connectivity index (χ1v) is 15.2. The van der Waals surface area contributed by atoms with E-state index in [1.54, 1.807) is 55.6 Å². The van der Waals surface area contributed by atoms with Crippen LogP contribution in [-0.4, -0.2) is 30.2 Å². The second-order valence-corrected chi connectivity index (χ2v) is 12.2. The molecule has 1 heterocycles. The number of carbonyl (C=O) groups excluding carboxylic acids is 2. The highest BCUT2D eigenvalue weighted by Crippen LogP contribution is 2.43. The van der Waals surface area contributed by atoms with E-state index in [9.17, 15) is 9.59 Å². The molecule has 0 aliphatic rings. The number of rotatable bonds is 7. The second-order valence-electron chi connectivity index (χ2n) is 8.73. The van der Waals surface area contributed by atoms with Crippen molar-refractivity contribution in [3.63, 3.8) is 0 Å². The van der Waals surface area contributed by atoms with Crippen LogP contribution in [-0.2, 0) is 0 Å². The molecule has 7 nitrogen and oxygen atoms in total. The van der Waals surface area contributed by atoms with Crippen LogP contribution in [0.4, 0.5) is 0 Å². The number of nitrogens with zero attached hydrogens (tertiary/aromatic N) is 1. The Morgan fingerprint density at radius 3 is 2.36 bits per heavy atom. The lowest BCUT2D eigenvalue weighted by molar-refractivity contribution is 0.0733. The molecule has 0 fully saturated rings. The Morgan fingerprint density at radius 2 is 1.64 bits per heavy atom. The number of aromatic amines is 1. The number of esters is 1. The van der Waals surface area contributed by atoms with Crippen LogP contribution in [0.5, 0.6) is 11.5 Å². The summed E-state index contributed by atoms with van der Waals surface area (Å²) in [7, 11) is 1.55. The van der Waals surface area contributed by atoms with Gasteiger partial charge in [-0.05, 0) is 58.4 Å². The van der Waals surface area contributed by atoms with Gasteiger partial charge < -0.3 is 14.5 Å². The van der Waals surface area contributed by atoms with Gasteiger partial charge in [0.05, 0.1) is 33.9 Å². The molecule has 0 aliphatic carbocycles. The van der Waals surface area contributed by atoms with Crippen LogP contribution in [0.1, 0.15) is 26.4 Å². The van der Waals surface area contributed by atoms with Gasteiger partial charge in [0.25, 0.3) is 5.91 Å². The zero-order valence-electron chi connectivity index (χ0n) is 21.5. The Hall–Kier alpha value is -3.15. The fraction of sp³-hybridized carbons (Fsp3) is 0.0333. The van der Waals surface area contributed by atoms with Gasteiger partial charge in [-0.25, -0.2) is 10.2 Å². The van der Waals surface area contributed by atoms with Crippen LogP contribution in [0.25, 0.3) is 22.0 Å². The molecular formula is C30H18Br3Cl2N3O4. The van der Waals surface area contributed by atoms with Crippen LogP contribution in [0.15, 0.2) is 91.3 Å². The van der Waals surface area contributed by atoms with E-state index in [4.69, 9.17) is 32.7 Å². The zero-order chi connectivity index (χ0) is 30.0. The minimum absolute atomic E-state index is 0.192. The van der Waals surface area contributed by atoms with Crippen molar-refractivity contribution in [2.24, 2.45) is 5.10 Å². The predicted molar refractivity (Wildman–Crippen MR) is 176 cm³/mol. The summed E-state index contributed by atoms with van der Waals surface area (Å²) in [4.78, 5) is 29.6. The number of fused-ring (bicyclic) bond motifs is 1. The van der Waals surface area contributed by atoms with E-state index in [1.807, 2.05) is 24.3 Å². The van der Waals surface area contributed by atoms with Gasteiger partial charge in [0.2, 0.25) is 0 Å². The van der Waals surface area contributed by atoms with E-state index < -0.39 is 11.9 Å². The lowest BCUT2D eigenvalue weighted by Crippen LogP contribution is -2.19. The number of halogens is 5. The molecule has 1 aromatic heterocycles. The van der Waals surface area contributed by atoms with Crippen LogP contribution in [0, 0.1) is 0 Å². The van der Waals surface area contributed by atoms with Crippen molar-refractivity contribution in [1.29, 1.82) is 0 Å². The Labute approximate surface area is 275 Å². The first-order chi connectivity index (χ1) is 20.2. The maximum Gasteiger partial charge on any atom is 0.345 e. The van der Waals surface area contributed by atoms with Crippen molar-refractivity contribution in [2.45, 2.75) is 0 Å². The number of methoxy groups -OCH3 is 1. The molecule has 5 rings (SSSR count). The molecule has 0 unspecified atom stereocenters. The topological polar surface area (TPSA) is 92.8 Å². The van der Waals surface area contributed by atoms with Crippen LogP contribution in [0.2, 0.25) is 10.0 Å². The van der Waals surface area contributed by atoms with Gasteiger partial charge in [0.1, 0.15) is 11.4 Å². The van der Waals surface area contributed by atoms with Gasteiger partial charge in [0, 0.05) is 36.0 Å². The quantitative estimate of drug-likeness (QED) is 0.0744. The van der Waals surface area contributed by atoms with Crippen LogP contribution < -0.4 is 14.9 Å². The van der Waals surface area contributed by atoms with E-state index in [2.05, 4.69) is 63.3 Å². The first-order valence-electron chi connectivity index (χ1n) is 12.1. The highest BCUT2D eigenvalue weighted by Gasteiger charge is 2.24. The molecule has 0 aliphatic heterocycles. The average Bonchev–Trinajstić information content (AvgIpc) is 3.37.